The van der Waals surface area contributed by atoms with Crippen molar-refractivity contribution >= 4 is 9.84 Å². The quantitative estimate of drug-likeness (QED) is 0.430. The minimum absolute atomic E-state index is 0.223. The van der Waals surface area contributed by atoms with Gasteiger partial charge in [-0.1, -0.05) is 0 Å². The van der Waals surface area contributed by atoms with Crippen LogP contribution >= 0.6 is 0 Å². The summed E-state index contributed by atoms with van der Waals surface area (Å²) < 4.78 is 46.3. The van der Waals surface area contributed by atoms with E-state index in [0.29, 0.717) is 28.9 Å². The van der Waals surface area contributed by atoms with Gasteiger partial charge >= 0.3 is 0 Å². The molecule has 4 rings (SSSR count). The Balaban J connectivity index is 1.70. The maximum Gasteiger partial charge on any atom is 0.224 e. The smallest absolute Gasteiger partial charge is 0.224 e. The molecule has 4 heterocycles. The van der Waals surface area contributed by atoms with Gasteiger partial charge < -0.3 is 18.8 Å². The Morgan fingerprint density at radius 3 is 2.60 bits per heavy atom. The molecule has 0 N–H and O–H groups in total. The fourth-order valence-electron chi connectivity index (χ4n) is 3.95. The summed E-state index contributed by atoms with van der Waals surface area (Å²) in [6.07, 6.45) is 3.87. The van der Waals surface area contributed by atoms with E-state index in [-0.39, 0.29) is 31.1 Å². The summed E-state index contributed by atoms with van der Waals surface area (Å²) in [6, 6.07) is 3.26. The molecule has 0 aliphatic carbocycles. The van der Waals surface area contributed by atoms with Gasteiger partial charge in [-0.2, -0.15) is 0 Å². The van der Waals surface area contributed by atoms with Gasteiger partial charge in [0.2, 0.25) is 5.88 Å². The summed E-state index contributed by atoms with van der Waals surface area (Å²) in [4.78, 5) is 12.9. The van der Waals surface area contributed by atoms with Gasteiger partial charge in [-0.05, 0) is 45.4 Å². The molecule has 0 unspecified atom stereocenters. The lowest BCUT2D eigenvalue weighted by molar-refractivity contribution is 0.00140. The molecule has 0 saturated heterocycles. The standard InChI is InChI=1S/C23H30N6O5S/c1-14(2)34-20(21-25-9-15(3)10-26-21)16(4)35(30,31)13-19-27-28-22-18-7-6-8-24-23(18)33-12-17(11-32-5)29(19)22/h6-10,14,16-17,20H,11-13H2,1-5H3/t16-,17-,20+/m0/s1. The highest BCUT2D eigenvalue weighted by Gasteiger charge is 2.37. The van der Waals surface area contributed by atoms with Gasteiger partial charge in [-0.3, -0.25) is 0 Å². The molecule has 0 radical (unpaired) electrons. The van der Waals surface area contributed by atoms with Gasteiger partial charge in [0.25, 0.3) is 0 Å². The first-order valence-corrected chi connectivity index (χ1v) is 13.1. The Labute approximate surface area is 204 Å². The predicted molar refractivity (Wildman–Crippen MR) is 127 cm³/mol. The third kappa shape index (κ3) is 5.34. The van der Waals surface area contributed by atoms with E-state index in [0.717, 1.165) is 5.56 Å². The molecule has 0 amide bonds. The number of aryl methyl sites for hydroxylation is 1. The number of fused-ring (bicyclic) bond motifs is 3. The van der Waals surface area contributed by atoms with Crippen molar-refractivity contribution < 1.29 is 22.6 Å². The number of nitrogens with zero attached hydrogens (tertiary/aromatic N) is 6. The topological polar surface area (TPSA) is 131 Å². The first-order chi connectivity index (χ1) is 16.7. The molecule has 0 fully saturated rings. The van der Waals surface area contributed by atoms with Crippen LogP contribution in [-0.4, -0.2) is 69.8 Å². The van der Waals surface area contributed by atoms with Gasteiger partial charge in [-0.15, -0.1) is 10.2 Å². The largest absolute Gasteiger partial charge is 0.475 e. The SMILES string of the molecule is COC[C@H]1COc2ncccc2-c2nnc(CS(=O)(=O)[C@@H](C)[C@@H](OC(C)C)c3ncc(C)cn3)n21. The first kappa shape index (κ1) is 25.1. The summed E-state index contributed by atoms with van der Waals surface area (Å²) in [5.74, 6) is 1.18. The van der Waals surface area contributed by atoms with Gasteiger partial charge in [-0.25, -0.2) is 23.4 Å². The molecule has 188 valence electrons. The second-order valence-electron chi connectivity index (χ2n) is 8.82. The normalized spacial score (nSPS) is 17.3. The number of pyridine rings is 1. The summed E-state index contributed by atoms with van der Waals surface area (Å²) in [5, 5.41) is 7.65. The molecule has 0 bridgehead atoms. The third-order valence-corrected chi connectivity index (χ3v) is 7.75. The van der Waals surface area contributed by atoms with E-state index in [1.165, 1.54) is 0 Å². The van der Waals surface area contributed by atoms with E-state index in [1.807, 2.05) is 26.8 Å². The number of ether oxygens (including phenoxy) is 3. The fourth-order valence-corrected chi connectivity index (χ4v) is 5.34. The minimum atomic E-state index is -3.77. The number of rotatable bonds is 9. The highest BCUT2D eigenvalue weighted by atomic mass is 32.2. The van der Waals surface area contributed by atoms with Crippen LogP contribution in [0.3, 0.4) is 0 Å². The second-order valence-corrected chi connectivity index (χ2v) is 11.2. The maximum absolute atomic E-state index is 13.7. The van der Waals surface area contributed by atoms with Gasteiger partial charge in [0.15, 0.2) is 21.5 Å². The van der Waals surface area contributed by atoms with Crippen LogP contribution in [0.2, 0.25) is 0 Å². The average Bonchev–Trinajstić information content (AvgIpc) is 3.15. The molecule has 3 aromatic rings. The van der Waals surface area contributed by atoms with E-state index >= 15 is 0 Å². The van der Waals surface area contributed by atoms with Gasteiger partial charge in [0.1, 0.15) is 24.3 Å². The highest BCUT2D eigenvalue weighted by Crippen LogP contribution is 2.34. The summed E-state index contributed by atoms with van der Waals surface area (Å²) >= 11 is 0. The molecule has 3 atom stereocenters. The zero-order valence-electron chi connectivity index (χ0n) is 20.5. The minimum Gasteiger partial charge on any atom is -0.475 e. The second kappa shape index (κ2) is 10.3. The Hall–Kier alpha value is -2.96. The Bertz CT molecular complexity index is 1260. The van der Waals surface area contributed by atoms with E-state index in [1.54, 1.807) is 43.3 Å². The highest BCUT2D eigenvalue weighted by molar-refractivity contribution is 7.91. The summed E-state index contributed by atoms with van der Waals surface area (Å²) in [5.41, 5.74) is 1.52. The molecule has 35 heavy (non-hydrogen) atoms. The van der Waals surface area contributed by atoms with Crippen molar-refractivity contribution in [2.75, 3.05) is 20.3 Å². The van der Waals surface area contributed by atoms with Crippen molar-refractivity contribution in [2.24, 2.45) is 0 Å². The lowest BCUT2D eigenvalue weighted by atomic mass is 10.2. The molecule has 11 nitrogen and oxygen atoms in total. The van der Waals surface area contributed by atoms with E-state index in [9.17, 15) is 8.42 Å². The summed E-state index contributed by atoms with van der Waals surface area (Å²) in [7, 11) is -2.20. The molecular formula is C23H30N6O5S. The van der Waals surface area contributed by atoms with Crippen molar-refractivity contribution in [1.29, 1.82) is 0 Å². The predicted octanol–water partition coefficient (Wildman–Crippen LogP) is 2.49. The first-order valence-electron chi connectivity index (χ1n) is 11.4. The number of hydrogen-bond acceptors (Lipinski definition) is 10. The lowest BCUT2D eigenvalue weighted by Gasteiger charge is -2.25. The van der Waals surface area contributed by atoms with Gasteiger partial charge in [0, 0.05) is 25.7 Å². The molecule has 0 spiro atoms. The summed E-state index contributed by atoms with van der Waals surface area (Å²) in [6.45, 7) is 7.70. The van der Waals surface area contributed by atoms with Crippen LogP contribution < -0.4 is 4.74 Å². The van der Waals surface area contributed by atoms with Crippen molar-refractivity contribution in [3.05, 3.63) is 47.9 Å². The van der Waals surface area contributed by atoms with Crippen molar-refractivity contribution in [3.63, 3.8) is 0 Å². The molecule has 0 aromatic carbocycles. The van der Waals surface area contributed by atoms with Crippen LogP contribution in [0.5, 0.6) is 5.88 Å². The lowest BCUT2D eigenvalue weighted by Crippen LogP contribution is -2.32. The van der Waals surface area contributed by atoms with Gasteiger partial charge in [0.05, 0.1) is 29.6 Å². The molecule has 12 heteroatoms. The van der Waals surface area contributed by atoms with Crippen LogP contribution in [0.4, 0.5) is 0 Å². The molecule has 0 saturated carbocycles. The number of aromatic nitrogens is 6. The molecule has 3 aromatic heterocycles. The van der Waals surface area contributed by atoms with Crippen LogP contribution in [0.25, 0.3) is 11.4 Å². The van der Waals surface area contributed by atoms with Crippen molar-refractivity contribution in [2.45, 2.75) is 56.9 Å². The maximum atomic E-state index is 13.7. The Kier molecular flexibility index (Phi) is 7.43. The fraction of sp³-hybridized carbons (Fsp3) is 0.522. The monoisotopic (exact) mass is 502 g/mol. The number of hydrogen-bond donors (Lipinski definition) is 0. The zero-order chi connectivity index (χ0) is 25.2. The molecule has 1 aliphatic rings. The van der Waals surface area contributed by atoms with E-state index in [4.69, 9.17) is 14.2 Å². The van der Waals surface area contributed by atoms with Crippen LogP contribution in [0, 0.1) is 6.92 Å². The van der Waals surface area contributed by atoms with E-state index < -0.39 is 21.2 Å². The number of methoxy groups -OCH3 is 1. The van der Waals surface area contributed by atoms with Crippen molar-refractivity contribution in [1.82, 2.24) is 29.7 Å². The van der Waals surface area contributed by atoms with Crippen LogP contribution in [0.1, 0.15) is 50.1 Å². The average molecular weight is 503 g/mol. The Morgan fingerprint density at radius 2 is 1.91 bits per heavy atom. The molecule has 1 aliphatic heterocycles. The van der Waals surface area contributed by atoms with Crippen LogP contribution in [-0.2, 0) is 25.1 Å². The van der Waals surface area contributed by atoms with Crippen molar-refractivity contribution in [3.8, 4) is 17.3 Å². The van der Waals surface area contributed by atoms with E-state index in [2.05, 4.69) is 25.1 Å². The third-order valence-electron chi connectivity index (χ3n) is 5.71. The zero-order valence-corrected chi connectivity index (χ0v) is 21.3. The Morgan fingerprint density at radius 1 is 1.17 bits per heavy atom. The molecular weight excluding hydrogens is 472 g/mol. The number of sulfone groups is 1. The van der Waals surface area contributed by atoms with Crippen LogP contribution in [0.15, 0.2) is 30.7 Å².